The minimum Gasteiger partial charge on any atom is -0.493 e. The van der Waals surface area contributed by atoms with Crippen LogP contribution in [-0.4, -0.2) is 28.3 Å². The second kappa shape index (κ2) is 7.42. The van der Waals surface area contributed by atoms with Crippen LogP contribution >= 0.6 is 0 Å². The van der Waals surface area contributed by atoms with Crippen LogP contribution in [0.3, 0.4) is 0 Å². The summed E-state index contributed by atoms with van der Waals surface area (Å²) in [6.45, 7) is 0. The van der Waals surface area contributed by atoms with E-state index < -0.39 is 6.10 Å². The summed E-state index contributed by atoms with van der Waals surface area (Å²) in [7, 11) is 1.63. The summed E-state index contributed by atoms with van der Waals surface area (Å²) < 4.78 is 11.4. The lowest BCUT2D eigenvalue weighted by atomic mass is 10.1. The van der Waals surface area contributed by atoms with E-state index in [0.717, 1.165) is 18.4 Å². The molecule has 1 saturated carbocycles. The van der Waals surface area contributed by atoms with Gasteiger partial charge in [0, 0.05) is 18.8 Å². The van der Waals surface area contributed by atoms with Crippen LogP contribution in [0.4, 0.5) is 0 Å². The molecule has 1 heterocycles. The summed E-state index contributed by atoms with van der Waals surface area (Å²) in [5.41, 5.74) is 0.784. The van der Waals surface area contributed by atoms with Gasteiger partial charge < -0.3 is 14.6 Å². The standard InChI is InChI=1S/C18H22N2O3/c1-22-16-8-7-13(11-17(16)23-14-5-2-3-6-14)15(21)12-18-19-9-4-10-20-18/h4,7-11,14-15,21H,2-3,5-6,12H2,1H3. The maximum absolute atomic E-state index is 10.4. The number of ether oxygens (including phenoxy) is 2. The molecule has 0 amide bonds. The van der Waals surface area contributed by atoms with Gasteiger partial charge in [0.25, 0.3) is 0 Å². The zero-order chi connectivity index (χ0) is 16.1. The fraction of sp³-hybridized carbons (Fsp3) is 0.444. The van der Waals surface area contributed by atoms with E-state index >= 15 is 0 Å². The molecule has 1 fully saturated rings. The van der Waals surface area contributed by atoms with Gasteiger partial charge in [-0.1, -0.05) is 6.07 Å². The van der Waals surface area contributed by atoms with Crippen molar-refractivity contribution in [1.82, 2.24) is 9.97 Å². The summed E-state index contributed by atoms with van der Waals surface area (Å²) in [5, 5.41) is 10.4. The number of rotatable bonds is 6. The van der Waals surface area contributed by atoms with E-state index in [-0.39, 0.29) is 6.10 Å². The van der Waals surface area contributed by atoms with E-state index in [1.165, 1.54) is 12.8 Å². The van der Waals surface area contributed by atoms with E-state index in [2.05, 4.69) is 9.97 Å². The molecule has 5 nitrogen and oxygen atoms in total. The highest BCUT2D eigenvalue weighted by molar-refractivity contribution is 5.44. The number of hydrogen-bond donors (Lipinski definition) is 1. The highest BCUT2D eigenvalue weighted by atomic mass is 16.5. The second-order valence-electron chi connectivity index (χ2n) is 5.82. The maximum Gasteiger partial charge on any atom is 0.161 e. The quantitative estimate of drug-likeness (QED) is 0.887. The van der Waals surface area contributed by atoms with Crippen LogP contribution in [0.1, 0.15) is 43.2 Å². The molecular weight excluding hydrogens is 292 g/mol. The highest BCUT2D eigenvalue weighted by Crippen LogP contribution is 2.34. The fourth-order valence-corrected chi connectivity index (χ4v) is 2.90. The normalized spacial score (nSPS) is 16.3. The maximum atomic E-state index is 10.4. The average molecular weight is 314 g/mol. The van der Waals surface area contributed by atoms with E-state index in [9.17, 15) is 5.11 Å². The van der Waals surface area contributed by atoms with E-state index in [0.29, 0.717) is 23.7 Å². The van der Waals surface area contributed by atoms with Crippen molar-refractivity contribution < 1.29 is 14.6 Å². The summed E-state index contributed by atoms with van der Waals surface area (Å²) in [4.78, 5) is 8.31. The van der Waals surface area contributed by atoms with Crippen molar-refractivity contribution in [3.8, 4) is 11.5 Å². The Morgan fingerprint density at radius 1 is 1.17 bits per heavy atom. The predicted molar refractivity (Wildman–Crippen MR) is 86.6 cm³/mol. The molecule has 0 spiro atoms. The molecule has 0 radical (unpaired) electrons. The zero-order valence-corrected chi connectivity index (χ0v) is 13.3. The van der Waals surface area contributed by atoms with Crippen molar-refractivity contribution in [2.24, 2.45) is 0 Å². The Labute approximate surface area is 136 Å². The molecule has 5 heteroatoms. The fourth-order valence-electron chi connectivity index (χ4n) is 2.90. The van der Waals surface area contributed by atoms with Crippen molar-refractivity contribution in [2.75, 3.05) is 7.11 Å². The van der Waals surface area contributed by atoms with Crippen LogP contribution in [-0.2, 0) is 6.42 Å². The Morgan fingerprint density at radius 2 is 1.91 bits per heavy atom. The van der Waals surface area contributed by atoms with E-state index in [4.69, 9.17) is 9.47 Å². The molecule has 0 bridgehead atoms. The Hall–Kier alpha value is -2.14. The van der Waals surface area contributed by atoms with Crippen LogP contribution < -0.4 is 9.47 Å². The number of benzene rings is 1. The van der Waals surface area contributed by atoms with Gasteiger partial charge >= 0.3 is 0 Å². The third-order valence-electron chi connectivity index (χ3n) is 4.16. The summed E-state index contributed by atoms with van der Waals surface area (Å²) in [5.74, 6) is 2.02. The zero-order valence-electron chi connectivity index (χ0n) is 13.3. The van der Waals surface area contributed by atoms with Crippen LogP contribution in [0.5, 0.6) is 11.5 Å². The lowest BCUT2D eigenvalue weighted by molar-refractivity contribution is 0.172. The number of aliphatic hydroxyl groups excluding tert-OH is 1. The number of nitrogens with zero attached hydrogens (tertiary/aromatic N) is 2. The van der Waals surface area contributed by atoms with Gasteiger partial charge in [-0.2, -0.15) is 0 Å². The first kappa shape index (κ1) is 15.7. The van der Waals surface area contributed by atoms with Gasteiger partial charge in [0.2, 0.25) is 0 Å². The molecule has 0 aliphatic heterocycles. The van der Waals surface area contributed by atoms with Gasteiger partial charge in [-0.3, -0.25) is 0 Å². The molecule has 1 aliphatic rings. The van der Waals surface area contributed by atoms with E-state index in [1.807, 2.05) is 18.2 Å². The van der Waals surface area contributed by atoms with Gasteiger partial charge in [-0.25, -0.2) is 9.97 Å². The molecule has 2 aromatic rings. The van der Waals surface area contributed by atoms with Gasteiger partial charge in [0.05, 0.1) is 19.3 Å². The minimum absolute atomic E-state index is 0.244. The third kappa shape index (κ3) is 3.99. The number of aromatic nitrogens is 2. The number of aliphatic hydroxyl groups is 1. The molecule has 23 heavy (non-hydrogen) atoms. The first-order valence-electron chi connectivity index (χ1n) is 8.05. The second-order valence-corrected chi connectivity index (χ2v) is 5.82. The molecule has 3 rings (SSSR count). The van der Waals surface area contributed by atoms with Gasteiger partial charge in [0.15, 0.2) is 11.5 Å². The lowest BCUT2D eigenvalue weighted by Gasteiger charge is -2.18. The Morgan fingerprint density at radius 3 is 2.61 bits per heavy atom. The molecular formula is C18H22N2O3. The first-order chi connectivity index (χ1) is 11.3. The predicted octanol–water partition coefficient (Wildman–Crippen LogP) is 3.08. The largest absolute Gasteiger partial charge is 0.493 e. The SMILES string of the molecule is COc1ccc(C(O)Cc2ncccn2)cc1OC1CCCC1. The van der Waals surface area contributed by atoms with Gasteiger partial charge in [-0.15, -0.1) is 0 Å². The summed E-state index contributed by atoms with van der Waals surface area (Å²) in [6, 6.07) is 7.32. The Bertz CT molecular complexity index is 627. The summed E-state index contributed by atoms with van der Waals surface area (Å²) in [6.07, 6.45) is 7.87. The third-order valence-corrected chi connectivity index (χ3v) is 4.16. The van der Waals surface area contributed by atoms with Crippen molar-refractivity contribution in [3.63, 3.8) is 0 Å². The van der Waals surface area contributed by atoms with Crippen LogP contribution in [0.15, 0.2) is 36.7 Å². The molecule has 1 aromatic heterocycles. The smallest absolute Gasteiger partial charge is 0.161 e. The van der Waals surface area contributed by atoms with Crippen LogP contribution in [0, 0.1) is 0 Å². The monoisotopic (exact) mass is 314 g/mol. The molecule has 1 atom stereocenters. The number of methoxy groups -OCH3 is 1. The first-order valence-corrected chi connectivity index (χ1v) is 8.05. The molecule has 1 aliphatic carbocycles. The average Bonchev–Trinajstić information content (AvgIpc) is 3.09. The van der Waals surface area contributed by atoms with Crippen molar-refractivity contribution >= 4 is 0 Å². The summed E-state index contributed by atoms with van der Waals surface area (Å²) >= 11 is 0. The van der Waals surface area contributed by atoms with Crippen LogP contribution in [0.2, 0.25) is 0 Å². The van der Waals surface area contributed by atoms with Gasteiger partial charge in [-0.05, 0) is 49.4 Å². The molecule has 122 valence electrons. The molecule has 0 saturated heterocycles. The van der Waals surface area contributed by atoms with Crippen molar-refractivity contribution in [3.05, 3.63) is 48.0 Å². The van der Waals surface area contributed by atoms with E-state index in [1.54, 1.807) is 25.6 Å². The molecule has 1 unspecified atom stereocenters. The Balaban J connectivity index is 1.76. The van der Waals surface area contributed by atoms with Crippen molar-refractivity contribution in [1.29, 1.82) is 0 Å². The number of hydrogen-bond acceptors (Lipinski definition) is 5. The topological polar surface area (TPSA) is 64.5 Å². The van der Waals surface area contributed by atoms with Gasteiger partial charge in [0.1, 0.15) is 5.82 Å². The highest BCUT2D eigenvalue weighted by Gasteiger charge is 2.20. The van der Waals surface area contributed by atoms with Crippen LogP contribution in [0.25, 0.3) is 0 Å². The minimum atomic E-state index is -0.672. The van der Waals surface area contributed by atoms with Crippen molar-refractivity contribution in [2.45, 2.75) is 44.3 Å². The molecule has 1 aromatic carbocycles. The lowest BCUT2D eigenvalue weighted by Crippen LogP contribution is -2.12. The Kier molecular flexibility index (Phi) is 5.08. The molecule has 1 N–H and O–H groups in total.